The van der Waals surface area contributed by atoms with Gasteiger partial charge < -0.3 is 5.32 Å². The van der Waals surface area contributed by atoms with Crippen molar-refractivity contribution in [3.8, 4) is 0 Å². The second kappa shape index (κ2) is 7.28. The highest BCUT2D eigenvalue weighted by Crippen LogP contribution is 2.30. The standard InChI is InChI=1S/C16H25ClN2/c1-3-9-18-11-14-8-10-19(12-14)13(2)15-6-4-5-7-16(15)17/h4-7,13-14,18H,3,8-12H2,1-2H3. The van der Waals surface area contributed by atoms with E-state index in [9.17, 15) is 0 Å². The molecule has 1 N–H and O–H groups in total. The van der Waals surface area contributed by atoms with E-state index in [2.05, 4.69) is 36.2 Å². The zero-order valence-corrected chi connectivity index (χ0v) is 12.8. The van der Waals surface area contributed by atoms with E-state index in [-0.39, 0.29) is 0 Å². The number of halogens is 1. The molecule has 1 heterocycles. The molecule has 0 spiro atoms. The Labute approximate surface area is 122 Å². The molecule has 0 bridgehead atoms. The van der Waals surface area contributed by atoms with Crippen LogP contribution in [-0.2, 0) is 0 Å². The smallest absolute Gasteiger partial charge is 0.0453 e. The van der Waals surface area contributed by atoms with Crippen molar-refractivity contribution in [1.29, 1.82) is 0 Å². The fourth-order valence-corrected chi connectivity index (χ4v) is 3.17. The first-order valence-electron chi connectivity index (χ1n) is 7.41. The molecule has 1 fully saturated rings. The minimum atomic E-state index is 0.421. The summed E-state index contributed by atoms with van der Waals surface area (Å²) in [5.74, 6) is 0.788. The lowest BCUT2D eigenvalue weighted by Crippen LogP contribution is -2.28. The normalized spacial score (nSPS) is 21.7. The van der Waals surface area contributed by atoms with E-state index in [1.165, 1.54) is 31.5 Å². The molecule has 2 unspecified atom stereocenters. The first-order chi connectivity index (χ1) is 9.22. The van der Waals surface area contributed by atoms with E-state index < -0.39 is 0 Å². The lowest BCUT2D eigenvalue weighted by atomic mass is 10.1. The van der Waals surface area contributed by atoms with Crippen LogP contribution in [0, 0.1) is 5.92 Å². The number of hydrogen-bond acceptors (Lipinski definition) is 2. The second-order valence-corrected chi connectivity index (χ2v) is 5.96. The predicted octanol–water partition coefficient (Wildman–Crippen LogP) is 3.72. The van der Waals surface area contributed by atoms with Gasteiger partial charge in [-0.1, -0.05) is 36.7 Å². The highest BCUT2D eigenvalue weighted by Gasteiger charge is 2.27. The summed E-state index contributed by atoms with van der Waals surface area (Å²) in [6.07, 6.45) is 2.51. The Morgan fingerprint density at radius 3 is 2.95 bits per heavy atom. The van der Waals surface area contributed by atoms with Crippen LogP contribution in [0.4, 0.5) is 0 Å². The minimum absolute atomic E-state index is 0.421. The quantitative estimate of drug-likeness (QED) is 0.799. The third kappa shape index (κ3) is 3.95. The van der Waals surface area contributed by atoms with E-state index in [0.29, 0.717) is 6.04 Å². The molecule has 1 aliphatic heterocycles. The molecule has 2 rings (SSSR count). The maximum atomic E-state index is 6.30. The summed E-state index contributed by atoms with van der Waals surface area (Å²) < 4.78 is 0. The van der Waals surface area contributed by atoms with Gasteiger partial charge >= 0.3 is 0 Å². The molecule has 2 nitrogen and oxygen atoms in total. The number of hydrogen-bond donors (Lipinski definition) is 1. The van der Waals surface area contributed by atoms with Gasteiger partial charge in [0.25, 0.3) is 0 Å². The van der Waals surface area contributed by atoms with Crippen LogP contribution in [0.1, 0.15) is 38.3 Å². The number of rotatable bonds is 6. The summed E-state index contributed by atoms with van der Waals surface area (Å²) >= 11 is 6.30. The fourth-order valence-electron chi connectivity index (χ4n) is 2.87. The van der Waals surface area contributed by atoms with E-state index in [4.69, 9.17) is 11.6 Å². The molecule has 0 radical (unpaired) electrons. The summed E-state index contributed by atoms with van der Waals surface area (Å²) in [7, 11) is 0. The molecule has 1 aliphatic rings. The Morgan fingerprint density at radius 2 is 2.21 bits per heavy atom. The molecule has 1 aromatic carbocycles. The third-order valence-corrected chi connectivity index (χ3v) is 4.42. The number of benzene rings is 1. The average Bonchev–Trinajstić information content (AvgIpc) is 2.88. The molecule has 106 valence electrons. The Balaban J connectivity index is 1.88. The maximum Gasteiger partial charge on any atom is 0.0453 e. The van der Waals surface area contributed by atoms with E-state index in [0.717, 1.165) is 24.0 Å². The molecule has 19 heavy (non-hydrogen) atoms. The topological polar surface area (TPSA) is 15.3 Å². The summed E-state index contributed by atoms with van der Waals surface area (Å²) in [6.45, 7) is 9.14. The minimum Gasteiger partial charge on any atom is -0.316 e. The molecular weight excluding hydrogens is 256 g/mol. The van der Waals surface area contributed by atoms with E-state index in [1.807, 2.05) is 12.1 Å². The van der Waals surface area contributed by atoms with Crippen LogP contribution in [0.5, 0.6) is 0 Å². The summed E-state index contributed by atoms with van der Waals surface area (Å²) in [6, 6.07) is 8.64. The summed E-state index contributed by atoms with van der Waals surface area (Å²) in [5.41, 5.74) is 1.26. The molecule has 0 amide bonds. The molecule has 0 aliphatic carbocycles. The van der Waals surface area contributed by atoms with Gasteiger partial charge in [-0.05, 0) is 56.9 Å². The zero-order valence-electron chi connectivity index (χ0n) is 12.0. The number of nitrogens with one attached hydrogen (secondary N) is 1. The SMILES string of the molecule is CCCNCC1CCN(C(C)c2ccccc2Cl)C1. The lowest BCUT2D eigenvalue weighted by molar-refractivity contribution is 0.252. The van der Waals surface area contributed by atoms with Crippen molar-refractivity contribution >= 4 is 11.6 Å². The van der Waals surface area contributed by atoms with Gasteiger partial charge in [-0.15, -0.1) is 0 Å². The Kier molecular flexibility index (Phi) is 5.68. The van der Waals surface area contributed by atoms with Gasteiger partial charge in [-0.2, -0.15) is 0 Å². The molecule has 0 aromatic heterocycles. The van der Waals surface area contributed by atoms with Crippen LogP contribution < -0.4 is 5.32 Å². The molecule has 2 atom stereocenters. The van der Waals surface area contributed by atoms with Crippen molar-refractivity contribution in [3.05, 3.63) is 34.9 Å². The second-order valence-electron chi connectivity index (χ2n) is 5.55. The van der Waals surface area contributed by atoms with Crippen LogP contribution in [0.25, 0.3) is 0 Å². The Hall–Kier alpha value is -0.570. The average molecular weight is 281 g/mol. The van der Waals surface area contributed by atoms with E-state index >= 15 is 0 Å². The molecule has 3 heteroatoms. The largest absolute Gasteiger partial charge is 0.316 e. The van der Waals surface area contributed by atoms with Crippen molar-refractivity contribution in [1.82, 2.24) is 10.2 Å². The van der Waals surface area contributed by atoms with Gasteiger partial charge in [0.2, 0.25) is 0 Å². The van der Waals surface area contributed by atoms with Crippen LogP contribution in [0.2, 0.25) is 5.02 Å². The van der Waals surface area contributed by atoms with Gasteiger partial charge in [-0.3, -0.25) is 4.90 Å². The lowest BCUT2D eigenvalue weighted by Gasteiger charge is -2.25. The first-order valence-corrected chi connectivity index (χ1v) is 7.79. The first kappa shape index (κ1) is 14.8. The van der Waals surface area contributed by atoms with Crippen molar-refractivity contribution < 1.29 is 0 Å². The van der Waals surface area contributed by atoms with Crippen molar-refractivity contribution in [2.45, 2.75) is 32.7 Å². The molecule has 1 aromatic rings. The Morgan fingerprint density at radius 1 is 1.42 bits per heavy atom. The van der Waals surface area contributed by atoms with Crippen molar-refractivity contribution in [2.75, 3.05) is 26.2 Å². The maximum absolute atomic E-state index is 6.30. The van der Waals surface area contributed by atoms with Crippen LogP contribution in [-0.4, -0.2) is 31.1 Å². The van der Waals surface area contributed by atoms with Gasteiger partial charge in [-0.25, -0.2) is 0 Å². The van der Waals surface area contributed by atoms with Gasteiger partial charge in [0.15, 0.2) is 0 Å². The van der Waals surface area contributed by atoms with E-state index in [1.54, 1.807) is 0 Å². The predicted molar refractivity (Wildman–Crippen MR) is 82.7 cm³/mol. The molecule has 1 saturated heterocycles. The number of nitrogens with zero attached hydrogens (tertiary/aromatic N) is 1. The zero-order chi connectivity index (χ0) is 13.7. The Bertz CT molecular complexity index is 394. The fraction of sp³-hybridized carbons (Fsp3) is 0.625. The van der Waals surface area contributed by atoms with Gasteiger partial charge in [0, 0.05) is 17.6 Å². The van der Waals surface area contributed by atoms with Crippen LogP contribution in [0.3, 0.4) is 0 Å². The molecule has 0 saturated carbocycles. The van der Waals surface area contributed by atoms with Gasteiger partial charge in [0.05, 0.1) is 0 Å². The van der Waals surface area contributed by atoms with Gasteiger partial charge in [0.1, 0.15) is 0 Å². The monoisotopic (exact) mass is 280 g/mol. The summed E-state index contributed by atoms with van der Waals surface area (Å²) in [5, 5.41) is 4.43. The summed E-state index contributed by atoms with van der Waals surface area (Å²) in [4.78, 5) is 2.56. The molecular formula is C16H25ClN2. The number of likely N-dealkylation sites (tertiary alicyclic amines) is 1. The van der Waals surface area contributed by atoms with Crippen LogP contribution >= 0.6 is 11.6 Å². The van der Waals surface area contributed by atoms with Crippen molar-refractivity contribution in [3.63, 3.8) is 0 Å². The highest BCUT2D eigenvalue weighted by atomic mass is 35.5. The third-order valence-electron chi connectivity index (χ3n) is 4.08. The van der Waals surface area contributed by atoms with Crippen molar-refractivity contribution in [2.24, 2.45) is 5.92 Å². The van der Waals surface area contributed by atoms with Crippen LogP contribution in [0.15, 0.2) is 24.3 Å². The highest BCUT2D eigenvalue weighted by molar-refractivity contribution is 6.31.